The lowest BCUT2D eigenvalue weighted by atomic mass is 10.1. The third-order valence-corrected chi connectivity index (χ3v) is 6.56. The standard InChI is InChI=1S/C21H23N3O5S/c1-14-15(2)23-29-20(14)18-9-10-19(28-18)30(26,27)22-13-16-5-7-17(8-6-16)21(25)24-11-3-4-12-24/h5-10,22H,3-4,11-13H2,1-2H3. The van der Waals surface area contributed by atoms with E-state index in [0.717, 1.165) is 42.8 Å². The highest BCUT2D eigenvalue weighted by Gasteiger charge is 2.22. The first-order valence-electron chi connectivity index (χ1n) is 9.76. The largest absolute Gasteiger partial charge is 0.440 e. The van der Waals surface area contributed by atoms with E-state index in [0.29, 0.717) is 17.1 Å². The summed E-state index contributed by atoms with van der Waals surface area (Å²) >= 11 is 0. The van der Waals surface area contributed by atoms with Gasteiger partial charge in [0.1, 0.15) is 0 Å². The van der Waals surface area contributed by atoms with Crippen molar-refractivity contribution in [3.05, 3.63) is 58.8 Å². The maximum absolute atomic E-state index is 12.6. The number of carbonyl (C=O) groups excluding carboxylic acids is 1. The summed E-state index contributed by atoms with van der Waals surface area (Å²) < 4.78 is 38.4. The molecule has 158 valence electrons. The number of furan rings is 1. The van der Waals surface area contributed by atoms with Crippen LogP contribution in [0.15, 0.2) is 50.4 Å². The number of carbonyl (C=O) groups is 1. The summed E-state index contributed by atoms with van der Waals surface area (Å²) in [5.74, 6) is 0.728. The summed E-state index contributed by atoms with van der Waals surface area (Å²) in [5.41, 5.74) is 2.86. The molecule has 3 aromatic rings. The minimum Gasteiger partial charge on any atom is -0.440 e. The summed E-state index contributed by atoms with van der Waals surface area (Å²) in [6, 6.07) is 9.88. The highest BCUT2D eigenvalue weighted by Crippen LogP contribution is 2.28. The van der Waals surface area contributed by atoms with E-state index in [4.69, 9.17) is 8.94 Å². The van der Waals surface area contributed by atoms with E-state index in [1.807, 2.05) is 11.8 Å². The van der Waals surface area contributed by atoms with Crippen molar-refractivity contribution < 1.29 is 22.2 Å². The number of aromatic nitrogens is 1. The van der Waals surface area contributed by atoms with Crippen LogP contribution in [0.4, 0.5) is 0 Å². The van der Waals surface area contributed by atoms with E-state index in [1.165, 1.54) is 6.07 Å². The van der Waals surface area contributed by atoms with Crippen LogP contribution in [0.5, 0.6) is 0 Å². The molecule has 1 aliphatic heterocycles. The summed E-state index contributed by atoms with van der Waals surface area (Å²) in [5, 5.41) is 3.66. The number of benzene rings is 1. The average molecular weight is 429 g/mol. The second-order valence-corrected chi connectivity index (χ2v) is 9.06. The molecule has 30 heavy (non-hydrogen) atoms. The van der Waals surface area contributed by atoms with Crippen molar-refractivity contribution in [3.8, 4) is 11.5 Å². The van der Waals surface area contributed by atoms with Crippen molar-refractivity contribution in [1.82, 2.24) is 14.8 Å². The number of aryl methyl sites for hydroxylation is 1. The molecule has 1 aromatic carbocycles. The smallest absolute Gasteiger partial charge is 0.274 e. The van der Waals surface area contributed by atoms with Gasteiger partial charge in [-0.1, -0.05) is 17.3 Å². The molecule has 9 heteroatoms. The van der Waals surface area contributed by atoms with Gasteiger partial charge in [0.2, 0.25) is 10.9 Å². The van der Waals surface area contributed by atoms with Crippen molar-refractivity contribution in [2.24, 2.45) is 0 Å². The minimum atomic E-state index is -3.85. The Labute approximate surface area is 174 Å². The van der Waals surface area contributed by atoms with Crippen LogP contribution in [0.1, 0.15) is 40.0 Å². The van der Waals surface area contributed by atoms with Gasteiger partial charge < -0.3 is 13.8 Å². The van der Waals surface area contributed by atoms with Gasteiger partial charge in [0.05, 0.1) is 5.69 Å². The summed E-state index contributed by atoms with van der Waals surface area (Å²) in [6.45, 7) is 5.29. The molecule has 0 bridgehead atoms. The monoisotopic (exact) mass is 429 g/mol. The van der Waals surface area contributed by atoms with Gasteiger partial charge in [-0.25, -0.2) is 13.1 Å². The lowest BCUT2D eigenvalue weighted by Crippen LogP contribution is -2.27. The highest BCUT2D eigenvalue weighted by molar-refractivity contribution is 7.89. The molecule has 1 saturated heterocycles. The van der Waals surface area contributed by atoms with E-state index < -0.39 is 10.0 Å². The molecular formula is C21H23N3O5S. The van der Waals surface area contributed by atoms with Crippen LogP contribution >= 0.6 is 0 Å². The Morgan fingerprint density at radius 1 is 1.10 bits per heavy atom. The Kier molecular flexibility index (Phi) is 5.48. The van der Waals surface area contributed by atoms with Crippen molar-refractivity contribution >= 4 is 15.9 Å². The topological polar surface area (TPSA) is 106 Å². The van der Waals surface area contributed by atoms with E-state index in [2.05, 4.69) is 9.88 Å². The predicted octanol–water partition coefficient (Wildman–Crippen LogP) is 3.27. The van der Waals surface area contributed by atoms with Crippen LogP contribution in [0.3, 0.4) is 0 Å². The van der Waals surface area contributed by atoms with E-state index in [-0.39, 0.29) is 17.5 Å². The zero-order valence-corrected chi connectivity index (χ0v) is 17.7. The first kappa shape index (κ1) is 20.4. The predicted molar refractivity (Wildman–Crippen MR) is 109 cm³/mol. The van der Waals surface area contributed by atoms with E-state index >= 15 is 0 Å². The summed E-state index contributed by atoms with van der Waals surface area (Å²) in [7, 11) is -3.85. The number of sulfonamides is 1. The fraction of sp³-hybridized carbons (Fsp3) is 0.333. The normalized spacial score (nSPS) is 14.4. The Hall–Kier alpha value is -2.91. The van der Waals surface area contributed by atoms with Gasteiger partial charge in [0.25, 0.3) is 15.9 Å². The first-order valence-corrected chi connectivity index (χ1v) is 11.2. The molecule has 0 radical (unpaired) electrons. The molecule has 4 rings (SSSR count). The third-order valence-electron chi connectivity index (χ3n) is 5.29. The molecule has 0 atom stereocenters. The molecule has 0 spiro atoms. The number of nitrogens with zero attached hydrogens (tertiary/aromatic N) is 2. The summed E-state index contributed by atoms with van der Waals surface area (Å²) in [4.78, 5) is 14.2. The molecule has 1 amide bonds. The van der Waals surface area contributed by atoms with Gasteiger partial charge in [-0.05, 0) is 56.5 Å². The number of hydrogen-bond donors (Lipinski definition) is 1. The zero-order valence-electron chi connectivity index (χ0n) is 16.8. The van der Waals surface area contributed by atoms with Gasteiger partial charge in [-0.2, -0.15) is 0 Å². The lowest BCUT2D eigenvalue weighted by Gasteiger charge is -2.15. The number of amides is 1. The molecule has 0 unspecified atom stereocenters. The van der Waals surface area contributed by atoms with Gasteiger partial charge >= 0.3 is 0 Å². The minimum absolute atomic E-state index is 0.0145. The fourth-order valence-corrected chi connectivity index (χ4v) is 4.29. The quantitative estimate of drug-likeness (QED) is 0.645. The second kappa shape index (κ2) is 8.08. The van der Waals surface area contributed by atoms with Gasteiger partial charge in [-0.3, -0.25) is 4.79 Å². The molecule has 2 aromatic heterocycles. The highest BCUT2D eigenvalue weighted by atomic mass is 32.2. The molecule has 0 saturated carbocycles. The third kappa shape index (κ3) is 4.03. The van der Waals surface area contributed by atoms with Crippen molar-refractivity contribution in [3.63, 3.8) is 0 Å². The maximum atomic E-state index is 12.6. The molecule has 3 heterocycles. The molecule has 8 nitrogen and oxygen atoms in total. The van der Waals surface area contributed by atoms with Gasteiger partial charge in [0.15, 0.2) is 5.76 Å². The number of nitrogens with one attached hydrogen (secondary N) is 1. The van der Waals surface area contributed by atoms with Crippen LogP contribution in [-0.2, 0) is 16.6 Å². The van der Waals surface area contributed by atoms with Crippen molar-refractivity contribution in [2.75, 3.05) is 13.1 Å². The molecule has 1 aliphatic rings. The lowest BCUT2D eigenvalue weighted by molar-refractivity contribution is 0.0793. The Bertz CT molecular complexity index is 1160. The fourth-order valence-electron chi connectivity index (χ4n) is 3.35. The van der Waals surface area contributed by atoms with E-state index in [9.17, 15) is 13.2 Å². The van der Waals surface area contributed by atoms with E-state index in [1.54, 1.807) is 37.3 Å². The van der Waals surface area contributed by atoms with Crippen molar-refractivity contribution in [1.29, 1.82) is 0 Å². The average Bonchev–Trinajstić information content (AvgIpc) is 3.49. The molecule has 1 N–H and O–H groups in total. The van der Waals surface area contributed by atoms with Crippen molar-refractivity contribution in [2.45, 2.75) is 38.3 Å². The number of likely N-dealkylation sites (tertiary alicyclic amines) is 1. The van der Waals surface area contributed by atoms with Crippen LogP contribution in [0.25, 0.3) is 11.5 Å². The van der Waals surface area contributed by atoms with Crippen LogP contribution < -0.4 is 4.72 Å². The number of hydrogen-bond acceptors (Lipinski definition) is 6. The Morgan fingerprint density at radius 3 is 2.43 bits per heavy atom. The van der Waals surface area contributed by atoms with Gasteiger partial charge in [0, 0.05) is 30.8 Å². The maximum Gasteiger partial charge on any atom is 0.274 e. The Balaban J connectivity index is 1.42. The van der Waals surface area contributed by atoms with Gasteiger partial charge in [-0.15, -0.1) is 0 Å². The summed E-state index contributed by atoms with van der Waals surface area (Å²) in [6.07, 6.45) is 2.07. The Morgan fingerprint density at radius 2 is 1.80 bits per heavy atom. The number of rotatable bonds is 6. The molecule has 0 aliphatic carbocycles. The SMILES string of the molecule is Cc1noc(-c2ccc(S(=O)(=O)NCc3ccc(C(=O)N4CCCC4)cc3)o2)c1C. The van der Waals surface area contributed by atoms with Crippen LogP contribution in [0, 0.1) is 13.8 Å². The van der Waals surface area contributed by atoms with Crippen LogP contribution in [0.2, 0.25) is 0 Å². The second-order valence-electron chi connectivity index (χ2n) is 7.36. The zero-order chi connectivity index (χ0) is 21.3. The first-order chi connectivity index (χ1) is 14.3. The molecular weight excluding hydrogens is 406 g/mol. The molecule has 1 fully saturated rings. The van der Waals surface area contributed by atoms with Crippen LogP contribution in [-0.4, -0.2) is 37.5 Å².